The minimum Gasteiger partial charge on any atom is -0.371 e. The van der Waals surface area contributed by atoms with E-state index in [0.717, 1.165) is 19.5 Å². The fourth-order valence-corrected chi connectivity index (χ4v) is 3.26. The predicted octanol–water partition coefficient (Wildman–Crippen LogP) is 3.11. The third-order valence-corrected chi connectivity index (χ3v) is 4.22. The first-order valence-corrected chi connectivity index (χ1v) is 8.63. The van der Waals surface area contributed by atoms with E-state index in [0.29, 0.717) is 6.42 Å². The van der Waals surface area contributed by atoms with Crippen molar-refractivity contribution in [2.45, 2.75) is 40.5 Å². The fourth-order valence-electron chi connectivity index (χ4n) is 2.69. The zero-order chi connectivity index (χ0) is 15.3. The molecule has 1 aromatic carbocycles. The molecule has 1 aromatic rings. The van der Waals surface area contributed by atoms with Crippen LogP contribution in [0.3, 0.4) is 0 Å². The summed E-state index contributed by atoms with van der Waals surface area (Å²) >= 11 is 0. The molecule has 0 heterocycles. The Bertz CT molecular complexity index is 529. The van der Waals surface area contributed by atoms with E-state index in [4.69, 9.17) is 4.55 Å². The monoisotopic (exact) mass is 299 g/mol. The summed E-state index contributed by atoms with van der Waals surface area (Å²) in [5, 5.41) is 0. The number of aryl methyl sites for hydroxylation is 3. The van der Waals surface area contributed by atoms with E-state index in [9.17, 15) is 8.42 Å². The van der Waals surface area contributed by atoms with Gasteiger partial charge in [0.05, 0.1) is 5.75 Å². The van der Waals surface area contributed by atoms with E-state index in [-0.39, 0.29) is 5.75 Å². The lowest BCUT2D eigenvalue weighted by atomic mass is 10.0. The fraction of sp³-hybridized carbons (Fsp3) is 0.600. The highest BCUT2D eigenvalue weighted by Gasteiger charge is 2.11. The largest absolute Gasteiger partial charge is 0.371 e. The van der Waals surface area contributed by atoms with Crippen molar-refractivity contribution in [1.82, 2.24) is 0 Å². The van der Waals surface area contributed by atoms with Crippen LogP contribution >= 0.6 is 0 Å². The van der Waals surface area contributed by atoms with Crippen LogP contribution in [0.5, 0.6) is 0 Å². The quantitative estimate of drug-likeness (QED) is 0.621. The van der Waals surface area contributed by atoms with Crippen LogP contribution in [0, 0.1) is 20.8 Å². The maximum atomic E-state index is 10.7. The second-order valence-corrected chi connectivity index (χ2v) is 6.89. The van der Waals surface area contributed by atoms with Gasteiger partial charge in [-0.25, -0.2) is 0 Å². The van der Waals surface area contributed by atoms with Gasteiger partial charge in [0.1, 0.15) is 0 Å². The van der Waals surface area contributed by atoms with Gasteiger partial charge in [0.25, 0.3) is 10.1 Å². The van der Waals surface area contributed by atoms with Crippen molar-refractivity contribution in [1.29, 1.82) is 0 Å². The molecule has 0 aliphatic carbocycles. The Hall–Kier alpha value is -1.07. The second kappa shape index (κ2) is 7.09. The van der Waals surface area contributed by atoms with E-state index >= 15 is 0 Å². The molecule has 0 aromatic heterocycles. The lowest BCUT2D eigenvalue weighted by Crippen LogP contribution is -2.26. The summed E-state index contributed by atoms with van der Waals surface area (Å²) in [7, 11) is -3.83. The number of anilines is 1. The SMILES string of the molecule is CCN(CCCCS(=O)(=O)O)c1c(C)cc(C)cc1C. The van der Waals surface area contributed by atoms with Crippen molar-refractivity contribution in [2.75, 3.05) is 23.7 Å². The average Bonchev–Trinajstić information content (AvgIpc) is 2.29. The van der Waals surface area contributed by atoms with E-state index in [1.54, 1.807) is 0 Å². The molecule has 0 atom stereocenters. The van der Waals surface area contributed by atoms with Gasteiger partial charge in [-0.15, -0.1) is 0 Å². The van der Waals surface area contributed by atoms with Crippen molar-refractivity contribution in [3.05, 3.63) is 28.8 Å². The molecule has 5 heteroatoms. The Kier molecular flexibility index (Phi) is 6.02. The molecule has 20 heavy (non-hydrogen) atoms. The number of unbranched alkanes of at least 4 members (excludes halogenated alkanes) is 1. The Morgan fingerprint density at radius 3 is 2.10 bits per heavy atom. The van der Waals surface area contributed by atoms with Gasteiger partial charge < -0.3 is 4.90 Å². The van der Waals surface area contributed by atoms with Gasteiger partial charge in [-0.2, -0.15) is 8.42 Å². The Morgan fingerprint density at radius 1 is 1.10 bits per heavy atom. The maximum absolute atomic E-state index is 10.7. The second-order valence-electron chi connectivity index (χ2n) is 5.32. The number of benzene rings is 1. The van der Waals surface area contributed by atoms with Crippen LogP contribution in [-0.4, -0.2) is 31.8 Å². The molecular formula is C15H25NO3S. The van der Waals surface area contributed by atoms with Gasteiger partial charge in [-0.3, -0.25) is 4.55 Å². The van der Waals surface area contributed by atoms with Crippen LogP contribution in [0.4, 0.5) is 5.69 Å². The summed E-state index contributed by atoms with van der Waals surface area (Å²) in [4.78, 5) is 2.27. The highest BCUT2D eigenvalue weighted by molar-refractivity contribution is 7.85. The van der Waals surface area contributed by atoms with Gasteiger partial charge in [0.15, 0.2) is 0 Å². The zero-order valence-corrected chi connectivity index (χ0v) is 13.6. The highest BCUT2D eigenvalue weighted by Crippen LogP contribution is 2.26. The van der Waals surface area contributed by atoms with E-state index in [1.807, 2.05) is 0 Å². The normalized spacial score (nSPS) is 11.7. The number of nitrogens with zero attached hydrogens (tertiary/aromatic N) is 1. The van der Waals surface area contributed by atoms with E-state index in [2.05, 4.69) is 44.7 Å². The number of rotatable bonds is 7. The summed E-state index contributed by atoms with van der Waals surface area (Å²) in [6.07, 6.45) is 1.24. The third kappa shape index (κ3) is 5.13. The van der Waals surface area contributed by atoms with Crippen LogP contribution < -0.4 is 4.90 Å². The van der Waals surface area contributed by atoms with Crippen molar-refractivity contribution in [3.63, 3.8) is 0 Å². The molecule has 0 amide bonds. The minimum absolute atomic E-state index is 0.156. The molecule has 0 saturated heterocycles. The summed E-state index contributed by atoms with van der Waals surface area (Å²) in [5.41, 5.74) is 4.99. The smallest absolute Gasteiger partial charge is 0.264 e. The molecule has 1 rings (SSSR count). The van der Waals surface area contributed by atoms with Crippen molar-refractivity contribution in [3.8, 4) is 0 Å². The number of hydrogen-bond acceptors (Lipinski definition) is 3. The van der Waals surface area contributed by atoms with Crippen LogP contribution in [0.25, 0.3) is 0 Å². The molecule has 114 valence electrons. The summed E-state index contributed by atoms with van der Waals surface area (Å²) in [5.74, 6) is -0.156. The zero-order valence-electron chi connectivity index (χ0n) is 12.8. The Morgan fingerprint density at radius 2 is 1.65 bits per heavy atom. The first-order chi connectivity index (χ1) is 9.24. The molecule has 0 aliphatic rings. The summed E-state index contributed by atoms with van der Waals surface area (Å²) in [6, 6.07) is 4.34. The van der Waals surface area contributed by atoms with Gasteiger partial charge in [-0.05, 0) is 51.7 Å². The number of hydrogen-bond donors (Lipinski definition) is 1. The average molecular weight is 299 g/mol. The van der Waals surface area contributed by atoms with Gasteiger partial charge >= 0.3 is 0 Å². The van der Waals surface area contributed by atoms with Crippen molar-refractivity contribution in [2.24, 2.45) is 0 Å². The van der Waals surface area contributed by atoms with E-state index < -0.39 is 10.1 Å². The Balaban J connectivity index is 2.72. The topological polar surface area (TPSA) is 57.6 Å². The van der Waals surface area contributed by atoms with Gasteiger partial charge in [0.2, 0.25) is 0 Å². The first-order valence-electron chi connectivity index (χ1n) is 7.02. The molecule has 0 radical (unpaired) electrons. The van der Waals surface area contributed by atoms with Gasteiger partial charge in [-0.1, -0.05) is 17.7 Å². The molecule has 0 fully saturated rings. The van der Waals surface area contributed by atoms with Crippen LogP contribution in [-0.2, 0) is 10.1 Å². The summed E-state index contributed by atoms with van der Waals surface area (Å²) in [6.45, 7) is 10.1. The third-order valence-electron chi connectivity index (χ3n) is 3.41. The lowest BCUT2D eigenvalue weighted by molar-refractivity contribution is 0.480. The molecule has 0 bridgehead atoms. The van der Waals surface area contributed by atoms with Crippen LogP contribution in [0.1, 0.15) is 36.5 Å². The van der Waals surface area contributed by atoms with Crippen LogP contribution in [0.15, 0.2) is 12.1 Å². The molecule has 0 aliphatic heterocycles. The van der Waals surface area contributed by atoms with Gasteiger partial charge in [0, 0.05) is 18.8 Å². The van der Waals surface area contributed by atoms with E-state index in [1.165, 1.54) is 22.4 Å². The Labute approximate surface area is 122 Å². The van der Waals surface area contributed by atoms with Crippen LogP contribution in [0.2, 0.25) is 0 Å². The molecule has 0 spiro atoms. The minimum atomic E-state index is -3.83. The first kappa shape index (κ1) is 17.0. The molecular weight excluding hydrogens is 274 g/mol. The standard InChI is InChI=1S/C15H25NO3S/c1-5-16(8-6-7-9-20(17,18)19)15-13(3)10-12(2)11-14(15)4/h10-11H,5-9H2,1-4H3,(H,17,18,19). The van der Waals surface area contributed by atoms with Crippen molar-refractivity contribution < 1.29 is 13.0 Å². The van der Waals surface area contributed by atoms with Crippen molar-refractivity contribution >= 4 is 15.8 Å². The summed E-state index contributed by atoms with van der Waals surface area (Å²) < 4.78 is 30.1. The maximum Gasteiger partial charge on any atom is 0.264 e. The predicted molar refractivity (Wildman–Crippen MR) is 84.2 cm³/mol. The molecule has 1 N–H and O–H groups in total. The molecule has 0 saturated carbocycles. The molecule has 4 nitrogen and oxygen atoms in total. The highest BCUT2D eigenvalue weighted by atomic mass is 32.2. The lowest BCUT2D eigenvalue weighted by Gasteiger charge is -2.27. The molecule has 0 unspecified atom stereocenters.